The van der Waals surface area contributed by atoms with Gasteiger partial charge in [-0.25, -0.2) is 8.78 Å². The van der Waals surface area contributed by atoms with Gasteiger partial charge < -0.3 is 5.73 Å². The van der Waals surface area contributed by atoms with Crippen molar-refractivity contribution in [3.05, 3.63) is 21.4 Å². The van der Waals surface area contributed by atoms with Gasteiger partial charge in [-0.15, -0.1) is 11.3 Å². The van der Waals surface area contributed by atoms with Gasteiger partial charge in [0.25, 0.3) is 0 Å². The second kappa shape index (κ2) is 3.75. The molecule has 4 heteroatoms. The fourth-order valence-corrected chi connectivity index (χ4v) is 4.30. The maximum Gasteiger partial charge on any atom is 0.248 e. The molecule has 0 radical (unpaired) electrons. The predicted molar refractivity (Wildman–Crippen MR) is 65.6 cm³/mol. The molecule has 1 aromatic rings. The summed E-state index contributed by atoms with van der Waals surface area (Å²) in [5.74, 6) is -2.50. The number of rotatable bonds is 1. The third-order valence-corrected chi connectivity index (χ3v) is 5.57. The lowest BCUT2D eigenvalue weighted by Crippen LogP contribution is -2.42. The van der Waals surface area contributed by atoms with Crippen LogP contribution in [0.5, 0.6) is 0 Å². The van der Waals surface area contributed by atoms with Gasteiger partial charge in [-0.3, -0.25) is 0 Å². The molecule has 0 aromatic carbocycles. The standard InChI is InChI=1S/C13H17F2NS/c14-13(15)6-4-12(16,5-7-13)11-8-9-2-1-3-10(9)17-11/h8H,1-7,16H2. The minimum absolute atomic E-state index is 0.0634. The van der Waals surface area contributed by atoms with Crippen LogP contribution in [-0.2, 0) is 18.4 Å². The number of hydrogen-bond donors (Lipinski definition) is 1. The average molecular weight is 257 g/mol. The van der Waals surface area contributed by atoms with Crippen LogP contribution in [0.3, 0.4) is 0 Å². The Morgan fingerprint density at radius 1 is 1.12 bits per heavy atom. The molecule has 0 aliphatic heterocycles. The van der Waals surface area contributed by atoms with Crippen molar-refractivity contribution in [2.45, 2.75) is 56.4 Å². The Morgan fingerprint density at radius 2 is 1.82 bits per heavy atom. The van der Waals surface area contributed by atoms with E-state index in [1.165, 1.54) is 16.9 Å². The fourth-order valence-electron chi connectivity index (χ4n) is 2.88. The first-order valence-corrected chi connectivity index (χ1v) is 7.09. The van der Waals surface area contributed by atoms with Gasteiger partial charge in [-0.1, -0.05) is 0 Å². The van der Waals surface area contributed by atoms with E-state index in [0.29, 0.717) is 12.8 Å². The molecule has 0 amide bonds. The van der Waals surface area contributed by atoms with Gasteiger partial charge in [0, 0.05) is 22.6 Å². The Kier molecular flexibility index (Phi) is 2.56. The Hall–Kier alpha value is -0.480. The van der Waals surface area contributed by atoms with Crippen molar-refractivity contribution < 1.29 is 8.78 Å². The van der Waals surface area contributed by atoms with E-state index in [4.69, 9.17) is 5.73 Å². The number of nitrogens with two attached hydrogens (primary N) is 1. The van der Waals surface area contributed by atoms with Crippen LogP contribution in [0.4, 0.5) is 8.78 Å². The smallest absolute Gasteiger partial charge is 0.248 e. The van der Waals surface area contributed by atoms with Gasteiger partial charge in [-0.05, 0) is 43.7 Å². The summed E-state index contributed by atoms with van der Waals surface area (Å²) >= 11 is 1.76. The van der Waals surface area contributed by atoms with E-state index in [0.717, 1.165) is 17.7 Å². The van der Waals surface area contributed by atoms with Crippen LogP contribution in [0.25, 0.3) is 0 Å². The molecule has 94 valence electrons. The van der Waals surface area contributed by atoms with E-state index in [1.807, 2.05) is 0 Å². The quantitative estimate of drug-likeness (QED) is 0.817. The van der Waals surface area contributed by atoms with Crippen molar-refractivity contribution in [2.24, 2.45) is 5.73 Å². The summed E-state index contributed by atoms with van der Waals surface area (Å²) in [6, 6.07) is 2.18. The zero-order valence-electron chi connectivity index (χ0n) is 9.77. The first kappa shape index (κ1) is 11.6. The number of thiophene rings is 1. The maximum absolute atomic E-state index is 13.2. The summed E-state index contributed by atoms with van der Waals surface area (Å²) in [5.41, 5.74) is 7.26. The van der Waals surface area contributed by atoms with Crippen LogP contribution < -0.4 is 5.73 Å². The molecule has 2 N–H and O–H groups in total. The zero-order valence-corrected chi connectivity index (χ0v) is 10.6. The Bertz CT molecular complexity index is 407. The van der Waals surface area contributed by atoms with Gasteiger partial charge in [0.05, 0.1) is 5.54 Å². The molecule has 3 rings (SSSR count). The monoisotopic (exact) mass is 257 g/mol. The molecule has 1 nitrogen and oxygen atoms in total. The molecule has 0 saturated heterocycles. The highest BCUT2D eigenvalue weighted by Gasteiger charge is 2.43. The van der Waals surface area contributed by atoms with Crippen molar-refractivity contribution in [3.63, 3.8) is 0 Å². The largest absolute Gasteiger partial charge is 0.321 e. The summed E-state index contributed by atoms with van der Waals surface area (Å²) in [6.07, 6.45) is 4.22. The first-order valence-electron chi connectivity index (χ1n) is 6.27. The predicted octanol–water partition coefficient (Wildman–Crippen LogP) is 3.60. The highest BCUT2D eigenvalue weighted by Crippen LogP contribution is 2.45. The molecule has 0 atom stereocenters. The molecule has 17 heavy (non-hydrogen) atoms. The first-order chi connectivity index (χ1) is 7.99. The van der Waals surface area contributed by atoms with Crippen LogP contribution in [-0.4, -0.2) is 5.92 Å². The Labute approximate surface area is 104 Å². The van der Waals surface area contributed by atoms with Gasteiger partial charge in [0.2, 0.25) is 5.92 Å². The number of alkyl halides is 2. The fraction of sp³-hybridized carbons (Fsp3) is 0.692. The summed E-state index contributed by atoms with van der Waals surface area (Å²) in [4.78, 5) is 2.57. The molecular weight excluding hydrogens is 240 g/mol. The molecule has 1 heterocycles. The van der Waals surface area contributed by atoms with Crippen LogP contribution in [0.15, 0.2) is 6.07 Å². The molecule has 0 spiro atoms. The number of halogens is 2. The maximum atomic E-state index is 13.2. The van der Waals surface area contributed by atoms with E-state index in [9.17, 15) is 8.78 Å². The summed E-state index contributed by atoms with van der Waals surface area (Å²) < 4.78 is 26.3. The van der Waals surface area contributed by atoms with Crippen LogP contribution in [0.1, 0.15) is 47.4 Å². The van der Waals surface area contributed by atoms with Crippen LogP contribution >= 0.6 is 11.3 Å². The third-order valence-electron chi connectivity index (χ3n) is 4.11. The lowest BCUT2D eigenvalue weighted by molar-refractivity contribution is -0.0509. The van der Waals surface area contributed by atoms with E-state index >= 15 is 0 Å². The summed E-state index contributed by atoms with van der Waals surface area (Å²) in [6.45, 7) is 0. The molecular formula is C13H17F2NS. The highest BCUT2D eigenvalue weighted by molar-refractivity contribution is 7.12. The van der Waals surface area contributed by atoms with Gasteiger partial charge in [0.15, 0.2) is 0 Å². The summed E-state index contributed by atoms with van der Waals surface area (Å²) in [5, 5.41) is 0. The normalized spacial score (nSPS) is 25.8. The molecule has 1 aromatic heterocycles. The Morgan fingerprint density at radius 3 is 2.47 bits per heavy atom. The van der Waals surface area contributed by atoms with E-state index < -0.39 is 11.5 Å². The molecule has 0 bridgehead atoms. The number of hydrogen-bond acceptors (Lipinski definition) is 2. The van der Waals surface area contributed by atoms with E-state index in [-0.39, 0.29) is 12.8 Å². The van der Waals surface area contributed by atoms with Crippen LogP contribution in [0.2, 0.25) is 0 Å². The zero-order chi connectivity index (χ0) is 12.1. The average Bonchev–Trinajstić information content (AvgIpc) is 2.83. The number of aryl methyl sites for hydroxylation is 2. The molecule has 2 aliphatic carbocycles. The van der Waals surface area contributed by atoms with Gasteiger partial charge in [-0.2, -0.15) is 0 Å². The van der Waals surface area contributed by atoms with Gasteiger partial charge >= 0.3 is 0 Å². The lowest BCUT2D eigenvalue weighted by Gasteiger charge is -2.36. The van der Waals surface area contributed by atoms with Crippen molar-refractivity contribution in [3.8, 4) is 0 Å². The van der Waals surface area contributed by atoms with Crippen molar-refractivity contribution in [2.75, 3.05) is 0 Å². The third kappa shape index (κ3) is 2.02. The molecule has 1 fully saturated rings. The second-order valence-corrected chi connectivity index (χ2v) is 6.56. The topological polar surface area (TPSA) is 26.0 Å². The second-order valence-electron chi connectivity index (χ2n) is 5.42. The molecule has 1 saturated carbocycles. The highest BCUT2D eigenvalue weighted by atomic mass is 32.1. The summed E-state index contributed by atoms with van der Waals surface area (Å²) in [7, 11) is 0. The van der Waals surface area contributed by atoms with Crippen molar-refractivity contribution in [1.29, 1.82) is 0 Å². The minimum atomic E-state index is -2.50. The number of fused-ring (bicyclic) bond motifs is 1. The molecule has 0 unspecified atom stereocenters. The van der Waals surface area contributed by atoms with Crippen LogP contribution in [0, 0.1) is 0 Å². The minimum Gasteiger partial charge on any atom is -0.321 e. The lowest BCUT2D eigenvalue weighted by atomic mass is 9.79. The van der Waals surface area contributed by atoms with Crippen molar-refractivity contribution >= 4 is 11.3 Å². The van der Waals surface area contributed by atoms with Gasteiger partial charge in [0.1, 0.15) is 0 Å². The van der Waals surface area contributed by atoms with E-state index in [1.54, 1.807) is 11.3 Å². The Balaban J connectivity index is 1.83. The molecule has 2 aliphatic rings. The van der Waals surface area contributed by atoms with E-state index in [2.05, 4.69) is 6.07 Å². The SMILES string of the molecule is NC1(c2cc3c(s2)CCC3)CCC(F)(F)CC1. The van der Waals surface area contributed by atoms with Crippen molar-refractivity contribution in [1.82, 2.24) is 0 Å².